The molecule has 0 aliphatic heterocycles. The lowest BCUT2D eigenvalue weighted by Crippen LogP contribution is -2.36. The summed E-state index contributed by atoms with van der Waals surface area (Å²) in [5.41, 5.74) is 9.16. The predicted molar refractivity (Wildman–Crippen MR) is 69.2 cm³/mol. The number of aliphatic hydroxyl groups excluding tert-OH is 1. The molecule has 96 valence electrons. The molecule has 0 aliphatic rings. The van der Waals surface area contributed by atoms with Gasteiger partial charge in [-0.05, 0) is 31.0 Å². The fourth-order valence-electron chi connectivity index (χ4n) is 1.81. The number of aliphatic hydroxyl groups is 1. The Hall–Kier alpha value is -1.10. The zero-order chi connectivity index (χ0) is 12.8. The molecule has 0 bridgehead atoms. The van der Waals surface area contributed by atoms with Crippen LogP contribution >= 0.6 is 0 Å². The van der Waals surface area contributed by atoms with E-state index in [0.29, 0.717) is 13.1 Å². The third-order valence-electron chi connectivity index (χ3n) is 2.74. The molecule has 0 amide bonds. The van der Waals surface area contributed by atoms with Crippen LogP contribution in [0.2, 0.25) is 0 Å². The molecule has 4 nitrogen and oxygen atoms in total. The largest absolute Gasteiger partial charge is 0.496 e. The maximum atomic E-state index is 8.83. The average molecular weight is 238 g/mol. The first-order valence-electron chi connectivity index (χ1n) is 5.79. The first-order chi connectivity index (χ1) is 8.08. The maximum absolute atomic E-state index is 8.83. The summed E-state index contributed by atoms with van der Waals surface area (Å²) < 4.78 is 5.37. The highest BCUT2D eigenvalue weighted by Gasteiger charge is 2.08. The van der Waals surface area contributed by atoms with Gasteiger partial charge in [-0.3, -0.25) is 0 Å². The van der Waals surface area contributed by atoms with Crippen molar-refractivity contribution in [2.75, 3.05) is 20.3 Å². The second-order valence-electron chi connectivity index (χ2n) is 4.34. The Bertz CT molecular complexity index is 367. The van der Waals surface area contributed by atoms with E-state index >= 15 is 0 Å². The molecule has 1 aromatic rings. The topological polar surface area (TPSA) is 67.5 Å². The molecular formula is C13H22N2O2. The standard InChI is InChI=1S/C13H22N2O2/c1-9-4-10(2)12(13(5-9)17-3)7-15-6-11(14)8-16/h4-5,11,15-16H,6-8,14H2,1-3H3. The van der Waals surface area contributed by atoms with Gasteiger partial charge in [0.15, 0.2) is 0 Å². The summed E-state index contributed by atoms with van der Waals surface area (Å²) in [6.07, 6.45) is 0. The third kappa shape index (κ3) is 4.00. The number of aryl methyl sites for hydroxylation is 2. The van der Waals surface area contributed by atoms with Crippen LogP contribution in [0.3, 0.4) is 0 Å². The van der Waals surface area contributed by atoms with E-state index in [2.05, 4.69) is 25.2 Å². The molecule has 0 saturated carbocycles. The predicted octanol–water partition coefficient (Wildman–Crippen LogP) is 0.721. The van der Waals surface area contributed by atoms with Gasteiger partial charge in [0.05, 0.1) is 13.7 Å². The average Bonchev–Trinajstić information content (AvgIpc) is 2.30. The van der Waals surface area contributed by atoms with Gasteiger partial charge >= 0.3 is 0 Å². The molecule has 0 radical (unpaired) electrons. The van der Waals surface area contributed by atoms with Gasteiger partial charge in [0.25, 0.3) is 0 Å². The van der Waals surface area contributed by atoms with Crippen molar-refractivity contribution in [1.29, 1.82) is 0 Å². The van der Waals surface area contributed by atoms with Crippen molar-refractivity contribution in [3.63, 3.8) is 0 Å². The summed E-state index contributed by atoms with van der Waals surface area (Å²) in [5.74, 6) is 0.896. The van der Waals surface area contributed by atoms with Crippen molar-refractivity contribution >= 4 is 0 Å². The van der Waals surface area contributed by atoms with Gasteiger partial charge in [-0.25, -0.2) is 0 Å². The number of rotatable bonds is 6. The Kier molecular flexibility index (Phi) is 5.41. The molecule has 0 fully saturated rings. The van der Waals surface area contributed by atoms with Crippen LogP contribution in [0.25, 0.3) is 0 Å². The van der Waals surface area contributed by atoms with Crippen molar-refractivity contribution in [2.24, 2.45) is 5.73 Å². The van der Waals surface area contributed by atoms with Gasteiger partial charge in [0.1, 0.15) is 5.75 Å². The lowest BCUT2D eigenvalue weighted by atomic mass is 10.0. The van der Waals surface area contributed by atoms with Crippen molar-refractivity contribution < 1.29 is 9.84 Å². The Balaban J connectivity index is 2.69. The number of benzene rings is 1. The molecule has 17 heavy (non-hydrogen) atoms. The minimum atomic E-state index is -0.216. The summed E-state index contributed by atoms with van der Waals surface area (Å²) in [4.78, 5) is 0. The second-order valence-corrected chi connectivity index (χ2v) is 4.34. The van der Waals surface area contributed by atoms with E-state index in [9.17, 15) is 0 Å². The monoisotopic (exact) mass is 238 g/mol. The van der Waals surface area contributed by atoms with E-state index in [1.54, 1.807) is 7.11 Å². The molecule has 4 heteroatoms. The third-order valence-corrected chi connectivity index (χ3v) is 2.74. The molecule has 1 rings (SSSR count). The summed E-state index contributed by atoms with van der Waals surface area (Å²) in [5, 5.41) is 12.1. The first kappa shape index (κ1) is 14.0. The SMILES string of the molecule is COc1cc(C)cc(C)c1CNCC(N)CO. The van der Waals surface area contributed by atoms with E-state index in [1.165, 1.54) is 11.1 Å². The van der Waals surface area contributed by atoms with Gasteiger partial charge in [-0.2, -0.15) is 0 Å². The highest BCUT2D eigenvalue weighted by atomic mass is 16.5. The molecule has 0 aromatic heterocycles. The quantitative estimate of drug-likeness (QED) is 0.683. The minimum absolute atomic E-state index is 0.00296. The zero-order valence-corrected chi connectivity index (χ0v) is 10.8. The lowest BCUT2D eigenvalue weighted by molar-refractivity contribution is 0.262. The second kappa shape index (κ2) is 6.59. The van der Waals surface area contributed by atoms with Crippen LogP contribution < -0.4 is 15.8 Å². The van der Waals surface area contributed by atoms with Crippen LogP contribution in [0.15, 0.2) is 12.1 Å². The fourth-order valence-corrected chi connectivity index (χ4v) is 1.81. The Morgan fingerprint density at radius 3 is 2.71 bits per heavy atom. The molecule has 1 unspecified atom stereocenters. The summed E-state index contributed by atoms with van der Waals surface area (Å²) in [6, 6.07) is 3.94. The summed E-state index contributed by atoms with van der Waals surface area (Å²) in [6.45, 7) is 5.40. The number of nitrogens with two attached hydrogens (primary N) is 1. The van der Waals surface area contributed by atoms with Crippen molar-refractivity contribution in [1.82, 2.24) is 5.32 Å². The van der Waals surface area contributed by atoms with Crippen LogP contribution in [-0.2, 0) is 6.54 Å². The van der Waals surface area contributed by atoms with Crippen molar-refractivity contribution in [2.45, 2.75) is 26.4 Å². The lowest BCUT2D eigenvalue weighted by Gasteiger charge is -2.15. The molecule has 0 spiro atoms. The Morgan fingerprint density at radius 1 is 1.41 bits per heavy atom. The highest BCUT2D eigenvalue weighted by Crippen LogP contribution is 2.23. The first-order valence-corrected chi connectivity index (χ1v) is 5.79. The van der Waals surface area contributed by atoms with Crippen LogP contribution in [0.4, 0.5) is 0 Å². The minimum Gasteiger partial charge on any atom is -0.496 e. The van der Waals surface area contributed by atoms with E-state index in [4.69, 9.17) is 15.6 Å². The molecule has 0 saturated heterocycles. The number of nitrogens with one attached hydrogen (secondary N) is 1. The number of hydrogen-bond donors (Lipinski definition) is 3. The molecule has 4 N–H and O–H groups in total. The number of methoxy groups -OCH3 is 1. The normalized spacial score (nSPS) is 12.5. The van der Waals surface area contributed by atoms with Gasteiger partial charge in [0.2, 0.25) is 0 Å². The van der Waals surface area contributed by atoms with E-state index in [1.807, 2.05) is 6.07 Å². The zero-order valence-electron chi connectivity index (χ0n) is 10.8. The Labute approximate surface area is 103 Å². The number of ether oxygens (including phenoxy) is 1. The van der Waals surface area contributed by atoms with Crippen LogP contribution in [0.5, 0.6) is 5.75 Å². The van der Waals surface area contributed by atoms with Crippen LogP contribution in [0.1, 0.15) is 16.7 Å². The number of hydrogen-bond acceptors (Lipinski definition) is 4. The molecular weight excluding hydrogens is 216 g/mol. The van der Waals surface area contributed by atoms with Crippen molar-refractivity contribution in [3.8, 4) is 5.75 Å². The van der Waals surface area contributed by atoms with E-state index < -0.39 is 0 Å². The van der Waals surface area contributed by atoms with Crippen molar-refractivity contribution in [3.05, 3.63) is 28.8 Å². The molecule has 0 aliphatic carbocycles. The van der Waals surface area contributed by atoms with Crippen LogP contribution in [-0.4, -0.2) is 31.4 Å². The van der Waals surface area contributed by atoms with E-state index in [-0.39, 0.29) is 12.6 Å². The van der Waals surface area contributed by atoms with Gasteiger partial charge in [-0.1, -0.05) is 6.07 Å². The smallest absolute Gasteiger partial charge is 0.123 e. The Morgan fingerprint density at radius 2 is 2.12 bits per heavy atom. The van der Waals surface area contributed by atoms with Gasteiger partial charge < -0.3 is 20.9 Å². The molecule has 0 heterocycles. The highest BCUT2D eigenvalue weighted by molar-refractivity contribution is 5.42. The van der Waals surface area contributed by atoms with Crippen LogP contribution in [0, 0.1) is 13.8 Å². The fraction of sp³-hybridized carbons (Fsp3) is 0.538. The maximum Gasteiger partial charge on any atom is 0.123 e. The van der Waals surface area contributed by atoms with E-state index in [0.717, 1.165) is 11.3 Å². The van der Waals surface area contributed by atoms with Gasteiger partial charge in [0, 0.05) is 24.7 Å². The summed E-state index contributed by atoms with van der Waals surface area (Å²) >= 11 is 0. The van der Waals surface area contributed by atoms with Gasteiger partial charge in [-0.15, -0.1) is 0 Å². The molecule has 1 aromatic carbocycles. The molecule has 1 atom stereocenters. The summed E-state index contributed by atoms with van der Waals surface area (Å²) in [7, 11) is 1.68.